The molecular weight excluding hydrogens is 204 g/mol. The topological polar surface area (TPSA) is 54.4 Å². The number of aliphatic carboxylic acids is 1. The van der Waals surface area contributed by atoms with Crippen LogP contribution in [0.15, 0.2) is 30.3 Å². The van der Waals surface area contributed by atoms with Crippen LogP contribution >= 0.6 is 0 Å². The summed E-state index contributed by atoms with van der Waals surface area (Å²) in [6, 6.07) is 8.68. The average Bonchev–Trinajstić information content (AvgIpc) is 2.23. The molecule has 1 N–H and O–H groups in total. The minimum atomic E-state index is -0.987. The summed E-state index contributed by atoms with van der Waals surface area (Å²) < 4.78 is 0. The van der Waals surface area contributed by atoms with Crippen LogP contribution in [-0.2, 0) is 4.79 Å². The van der Waals surface area contributed by atoms with Crippen LogP contribution < -0.4 is 0 Å². The molecule has 0 radical (unpaired) electrons. The highest BCUT2D eigenvalue weighted by molar-refractivity contribution is 6.08. The van der Waals surface area contributed by atoms with Crippen LogP contribution in [-0.4, -0.2) is 16.9 Å². The molecule has 2 rings (SSSR count). The third kappa shape index (κ3) is 1.98. The van der Waals surface area contributed by atoms with Gasteiger partial charge >= 0.3 is 5.97 Å². The summed E-state index contributed by atoms with van der Waals surface area (Å²) >= 11 is 0. The van der Waals surface area contributed by atoms with Gasteiger partial charge in [0.25, 0.3) is 0 Å². The van der Waals surface area contributed by atoms with Crippen LogP contribution in [0.1, 0.15) is 29.6 Å². The summed E-state index contributed by atoms with van der Waals surface area (Å²) in [5.41, 5.74) is 0.502. The van der Waals surface area contributed by atoms with Crippen molar-refractivity contribution in [3.63, 3.8) is 0 Å². The molecule has 1 aromatic carbocycles. The number of benzene rings is 1. The van der Waals surface area contributed by atoms with E-state index < -0.39 is 11.9 Å². The first-order valence-electron chi connectivity index (χ1n) is 5.52. The molecule has 0 amide bonds. The zero-order valence-corrected chi connectivity index (χ0v) is 8.93. The molecule has 1 aromatic rings. The van der Waals surface area contributed by atoms with E-state index in [2.05, 4.69) is 0 Å². The Morgan fingerprint density at radius 2 is 1.81 bits per heavy atom. The monoisotopic (exact) mass is 218 g/mol. The molecule has 1 aliphatic rings. The maximum absolute atomic E-state index is 12.0. The van der Waals surface area contributed by atoms with Crippen molar-refractivity contribution in [2.45, 2.75) is 19.3 Å². The molecule has 3 heteroatoms. The Morgan fingerprint density at radius 3 is 2.25 bits per heavy atom. The summed E-state index contributed by atoms with van der Waals surface area (Å²) in [6.45, 7) is 0. The molecule has 1 fully saturated rings. The zero-order valence-electron chi connectivity index (χ0n) is 8.93. The normalized spacial score (nSPS) is 17.5. The van der Waals surface area contributed by atoms with Crippen molar-refractivity contribution >= 4 is 11.8 Å². The molecule has 3 nitrogen and oxygen atoms in total. The number of carbonyl (C=O) groups is 2. The lowest BCUT2D eigenvalue weighted by Gasteiger charge is -2.30. The number of carbonyl (C=O) groups excluding carboxylic acids is 1. The maximum Gasteiger partial charge on any atom is 0.314 e. The quantitative estimate of drug-likeness (QED) is 0.623. The number of Topliss-reactive ketones (excluding diaryl/α,β-unsaturated/α-hetero) is 1. The van der Waals surface area contributed by atoms with Crippen molar-refractivity contribution in [1.29, 1.82) is 0 Å². The van der Waals surface area contributed by atoms with E-state index >= 15 is 0 Å². The molecule has 0 spiro atoms. The fourth-order valence-corrected chi connectivity index (χ4v) is 2.08. The van der Waals surface area contributed by atoms with Gasteiger partial charge in [0.05, 0.1) is 0 Å². The molecule has 0 heterocycles. The largest absolute Gasteiger partial charge is 0.481 e. The summed E-state index contributed by atoms with van der Waals surface area (Å²) in [5.74, 6) is -2.06. The Hall–Kier alpha value is -1.64. The molecule has 84 valence electrons. The van der Waals surface area contributed by atoms with E-state index in [-0.39, 0.29) is 11.7 Å². The predicted molar refractivity (Wildman–Crippen MR) is 59.2 cm³/mol. The zero-order chi connectivity index (χ0) is 11.5. The number of carboxylic acid groups (broad SMARTS) is 1. The van der Waals surface area contributed by atoms with E-state index in [0.29, 0.717) is 5.56 Å². The summed E-state index contributed by atoms with van der Waals surface area (Å²) in [5, 5.41) is 9.12. The van der Waals surface area contributed by atoms with Crippen molar-refractivity contribution < 1.29 is 14.7 Å². The highest BCUT2D eigenvalue weighted by Gasteiger charge is 2.38. The van der Waals surface area contributed by atoms with Gasteiger partial charge in [-0.25, -0.2) is 0 Å². The lowest BCUT2D eigenvalue weighted by atomic mass is 9.73. The number of ketones is 1. The minimum Gasteiger partial charge on any atom is -0.481 e. The Balaban J connectivity index is 2.20. The standard InChI is InChI=1S/C13H14O3/c14-12(10-5-2-1-3-6-10)11(13(15)16)9-7-4-8-9/h1-3,5-6,9,11H,4,7-8H2,(H,15,16). The predicted octanol–water partition coefficient (Wildman–Crippen LogP) is 2.37. The SMILES string of the molecule is O=C(O)C(C(=O)c1ccccc1)C1CCC1. The fraction of sp³-hybridized carbons (Fsp3) is 0.385. The van der Waals surface area contributed by atoms with Crippen molar-refractivity contribution in [3.05, 3.63) is 35.9 Å². The Morgan fingerprint density at radius 1 is 1.19 bits per heavy atom. The first-order valence-corrected chi connectivity index (χ1v) is 5.52. The Labute approximate surface area is 94.1 Å². The summed E-state index contributed by atoms with van der Waals surface area (Å²) in [7, 11) is 0. The average molecular weight is 218 g/mol. The lowest BCUT2D eigenvalue weighted by Crippen LogP contribution is -2.35. The van der Waals surface area contributed by atoms with E-state index in [1.54, 1.807) is 24.3 Å². The highest BCUT2D eigenvalue weighted by atomic mass is 16.4. The van der Waals surface area contributed by atoms with Gasteiger partial charge in [-0.05, 0) is 18.8 Å². The Kier molecular flexibility index (Phi) is 3.04. The number of hydrogen-bond donors (Lipinski definition) is 1. The smallest absolute Gasteiger partial charge is 0.314 e. The van der Waals surface area contributed by atoms with Gasteiger partial charge < -0.3 is 5.11 Å². The van der Waals surface area contributed by atoms with Gasteiger partial charge in [-0.2, -0.15) is 0 Å². The van der Waals surface area contributed by atoms with Gasteiger partial charge in [0, 0.05) is 5.56 Å². The van der Waals surface area contributed by atoms with Gasteiger partial charge in [-0.1, -0.05) is 36.8 Å². The van der Waals surface area contributed by atoms with Gasteiger partial charge in [0.1, 0.15) is 5.92 Å². The minimum absolute atomic E-state index is 0.0326. The van der Waals surface area contributed by atoms with Gasteiger partial charge in [-0.15, -0.1) is 0 Å². The second kappa shape index (κ2) is 4.47. The van der Waals surface area contributed by atoms with Crippen LogP contribution in [0.3, 0.4) is 0 Å². The molecule has 0 bridgehead atoms. The lowest BCUT2D eigenvalue weighted by molar-refractivity contribution is -0.142. The van der Waals surface area contributed by atoms with Crippen LogP contribution in [0.25, 0.3) is 0 Å². The van der Waals surface area contributed by atoms with Crippen LogP contribution in [0.2, 0.25) is 0 Å². The summed E-state index contributed by atoms with van der Waals surface area (Å²) in [4.78, 5) is 23.2. The molecular formula is C13H14O3. The van der Waals surface area contributed by atoms with Crippen molar-refractivity contribution in [2.75, 3.05) is 0 Å². The second-order valence-corrected chi connectivity index (χ2v) is 4.24. The number of hydrogen-bond acceptors (Lipinski definition) is 2. The van der Waals surface area contributed by atoms with Gasteiger partial charge in [-0.3, -0.25) is 9.59 Å². The third-order valence-corrected chi connectivity index (χ3v) is 3.23. The molecule has 1 saturated carbocycles. The van der Waals surface area contributed by atoms with Crippen LogP contribution in [0.4, 0.5) is 0 Å². The van der Waals surface area contributed by atoms with E-state index in [9.17, 15) is 9.59 Å². The fourth-order valence-electron chi connectivity index (χ4n) is 2.08. The van der Waals surface area contributed by atoms with Gasteiger partial charge in [0.15, 0.2) is 5.78 Å². The molecule has 16 heavy (non-hydrogen) atoms. The van der Waals surface area contributed by atoms with Crippen LogP contribution in [0, 0.1) is 11.8 Å². The van der Waals surface area contributed by atoms with Crippen molar-refractivity contribution in [2.24, 2.45) is 11.8 Å². The molecule has 0 saturated heterocycles. The molecule has 1 atom stereocenters. The molecule has 0 aromatic heterocycles. The van der Waals surface area contributed by atoms with Crippen molar-refractivity contribution in [1.82, 2.24) is 0 Å². The van der Waals surface area contributed by atoms with Gasteiger partial charge in [0.2, 0.25) is 0 Å². The van der Waals surface area contributed by atoms with E-state index in [0.717, 1.165) is 19.3 Å². The molecule has 1 unspecified atom stereocenters. The number of carboxylic acids is 1. The maximum atomic E-state index is 12.0. The van der Waals surface area contributed by atoms with Crippen molar-refractivity contribution in [3.8, 4) is 0 Å². The Bertz CT molecular complexity index is 393. The van der Waals surface area contributed by atoms with E-state index in [1.807, 2.05) is 6.07 Å². The first-order chi connectivity index (χ1) is 7.70. The third-order valence-electron chi connectivity index (χ3n) is 3.23. The first kappa shape index (κ1) is 10.9. The molecule has 0 aliphatic heterocycles. The van der Waals surface area contributed by atoms with Crippen LogP contribution in [0.5, 0.6) is 0 Å². The molecule has 1 aliphatic carbocycles. The highest BCUT2D eigenvalue weighted by Crippen LogP contribution is 2.35. The summed E-state index contributed by atoms with van der Waals surface area (Å²) in [6.07, 6.45) is 2.75. The van der Waals surface area contributed by atoms with E-state index in [4.69, 9.17) is 5.11 Å². The number of rotatable bonds is 4. The van der Waals surface area contributed by atoms with E-state index in [1.165, 1.54) is 0 Å². The second-order valence-electron chi connectivity index (χ2n) is 4.24.